The first kappa shape index (κ1) is 10.0. The third-order valence-electron chi connectivity index (χ3n) is 1.70. The number of nitrogens with zero attached hydrogens (tertiary/aromatic N) is 1. The van der Waals surface area contributed by atoms with Crippen LogP contribution in [-0.2, 0) is 0 Å². The number of pyridine rings is 1. The smallest absolute Gasteiger partial charge is 0.149 e. The summed E-state index contributed by atoms with van der Waals surface area (Å²) in [5.74, 6) is -1.55. The van der Waals surface area contributed by atoms with Gasteiger partial charge in [-0.2, -0.15) is 0 Å². The van der Waals surface area contributed by atoms with Crippen molar-refractivity contribution in [3.05, 3.63) is 29.6 Å². The molecule has 3 nitrogen and oxygen atoms in total. The molecular weight excluding hydrogens is 178 g/mol. The molecule has 0 saturated heterocycles. The first-order chi connectivity index (χ1) is 6.16. The highest BCUT2D eigenvalue weighted by Gasteiger charge is 2.16. The van der Waals surface area contributed by atoms with E-state index < -0.39 is 17.7 Å². The SMILES string of the molecule is N[C@H](CCO)c1c(F)cncc1F. The van der Waals surface area contributed by atoms with Crippen LogP contribution in [0.2, 0.25) is 0 Å². The molecule has 0 bridgehead atoms. The Morgan fingerprint density at radius 2 is 1.92 bits per heavy atom. The molecule has 0 aliphatic heterocycles. The molecule has 0 amide bonds. The Labute approximate surface area is 74.2 Å². The summed E-state index contributed by atoms with van der Waals surface area (Å²) in [6.45, 7) is -0.206. The molecule has 0 aliphatic rings. The maximum atomic E-state index is 13.0. The van der Waals surface area contributed by atoms with E-state index in [1.54, 1.807) is 0 Å². The Hall–Kier alpha value is -1.07. The minimum atomic E-state index is -0.826. The first-order valence-corrected chi connectivity index (χ1v) is 3.82. The van der Waals surface area contributed by atoms with Crippen LogP contribution in [0.5, 0.6) is 0 Å². The predicted molar refractivity (Wildman–Crippen MR) is 42.8 cm³/mol. The Balaban J connectivity index is 2.98. The molecule has 1 rings (SSSR count). The molecule has 3 N–H and O–H groups in total. The Morgan fingerprint density at radius 3 is 2.38 bits per heavy atom. The second-order valence-corrected chi connectivity index (χ2v) is 2.64. The highest BCUT2D eigenvalue weighted by atomic mass is 19.1. The number of rotatable bonds is 3. The van der Waals surface area contributed by atoms with Crippen LogP contribution < -0.4 is 5.73 Å². The van der Waals surface area contributed by atoms with Crippen LogP contribution in [0.15, 0.2) is 12.4 Å². The van der Waals surface area contributed by atoms with Crippen molar-refractivity contribution in [2.75, 3.05) is 6.61 Å². The van der Waals surface area contributed by atoms with Crippen LogP contribution in [0.1, 0.15) is 18.0 Å². The van der Waals surface area contributed by atoms with Gasteiger partial charge in [0, 0.05) is 18.2 Å². The summed E-state index contributed by atoms with van der Waals surface area (Å²) in [6.07, 6.45) is 1.92. The van der Waals surface area contributed by atoms with Gasteiger partial charge in [-0.1, -0.05) is 0 Å². The van der Waals surface area contributed by atoms with E-state index in [-0.39, 0.29) is 18.6 Å². The fourth-order valence-electron chi connectivity index (χ4n) is 1.06. The van der Waals surface area contributed by atoms with E-state index in [0.29, 0.717) is 0 Å². The van der Waals surface area contributed by atoms with Crippen molar-refractivity contribution in [2.45, 2.75) is 12.5 Å². The number of hydrogen-bond acceptors (Lipinski definition) is 3. The summed E-state index contributed by atoms with van der Waals surface area (Å²) in [7, 11) is 0. The van der Waals surface area contributed by atoms with Crippen molar-refractivity contribution < 1.29 is 13.9 Å². The average molecular weight is 188 g/mol. The van der Waals surface area contributed by atoms with E-state index in [0.717, 1.165) is 12.4 Å². The van der Waals surface area contributed by atoms with E-state index in [1.807, 2.05) is 0 Å². The van der Waals surface area contributed by atoms with Gasteiger partial charge in [0.25, 0.3) is 0 Å². The zero-order chi connectivity index (χ0) is 9.84. The third-order valence-corrected chi connectivity index (χ3v) is 1.70. The molecule has 0 aromatic carbocycles. The number of halogens is 2. The lowest BCUT2D eigenvalue weighted by Gasteiger charge is -2.11. The van der Waals surface area contributed by atoms with E-state index in [2.05, 4.69) is 4.98 Å². The molecule has 1 aromatic heterocycles. The van der Waals surface area contributed by atoms with E-state index in [9.17, 15) is 8.78 Å². The minimum absolute atomic E-state index is 0.123. The van der Waals surface area contributed by atoms with Gasteiger partial charge in [0.05, 0.1) is 12.4 Å². The Kier molecular flexibility index (Phi) is 3.27. The van der Waals surface area contributed by atoms with Crippen LogP contribution in [-0.4, -0.2) is 16.7 Å². The summed E-state index contributed by atoms with van der Waals surface area (Å²) in [4.78, 5) is 3.32. The lowest BCUT2D eigenvalue weighted by Crippen LogP contribution is -2.15. The number of aliphatic hydroxyl groups excluding tert-OH is 1. The quantitative estimate of drug-likeness (QED) is 0.735. The lowest BCUT2D eigenvalue weighted by molar-refractivity contribution is 0.274. The molecule has 0 radical (unpaired) electrons. The number of nitrogens with two attached hydrogens (primary N) is 1. The van der Waals surface area contributed by atoms with Crippen molar-refractivity contribution in [1.82, 2.24) is 4.98 Å². The number of aliphatic hydroxyl groups is 1. The van der Waals surface area contributed by atoms with Crippen LogP contribution >= 0.6 is 0 Å². The van der Waals surface area contributed by atoms with Gasteiger partial charge in [0.1, 0.15) is 11.6 Å². The Morgan fingerprint density at radius 1 is 1.38 bits per heavy atom. The molecule has 0 spiro atoms. The maximum absolute atomic E-state index is 13.0. The molecule has 1 atom stereocenters. The highest BCUT2D eigenvalue weighted by Crippen LogP contribution is 2.19. The van der Waals surface area contributed by atoms with Crippen molar-refractivity contribution in [3.8, 4) is 0 Å². The molecule has 1 heterocycles. The number of hydrogen-bond donors (Lipinski definition) is 2. The van der Waals surface area contributed by atoms with E-state index in [1.165, 1.54) is 0 Å². The van der Waals surface area contributed by atoms with Crippen LogP contribution in [0.3, 0.4) is 0 Å². The van der Waals surface area contributed by atoms with Gasteiger partial charge in [0.2, 0.25) is 0 Å². The zero-order valence-electron chi connectivity index (χ0n) is 6.87. The first-order valence-electron chi connectivity index (χ1n) is 3.82. The second kappa shape index (κ2) is 4.25. The maximum Gasteiger partial charge on any atom is 0.149 e. The van der Waals surface area contributed by atoms with Gasteiger partial charge in [-0.3, -0.25) is 4.98 Å². The minimum Gasteiger partial charge on any atom is -0.396 e. The monoisotopic (exact) mass is 188 g/mol. The molecule has 1 aromatic rings. The van der Waals surface area contributed by atoms with Gasteiger partial charge in [-0.25, -0.2) is 8.78 Å². The fourth-order valence-corrected chi connectivity index (χ4v) is 1.06. The largest absolute Gasteiger partial charge is 0.396 e. The molecule has 0 fully saturated rings. The molecular formula is C8H10F2N2O. The van der Waals surface area contributed by atoms with Crippen LogP contribution in [0.4, 0.5) is 8.78 Å². The van der Waals surface area contributed by atoms with E-state index >= 15 is 0 Å². The average Bonchev–Trinajstić information content (AvgIpc) is 2.04. The van der Waals surface area contributed by atoms with Crippen molar-refractivity contribution in [3.63, 3.8) is 0 Å². The summed E-state index contributed by atoms with van der Waals surface area (Å²) < 4.78 is 25.9. The molecule has 13 heavy (non-hydrogen) atoms. The van der Waals surface area contributed by atoms with Crippen molar-refractivity contribution in [1.29, 1.82) is 0 Å². The fraction of sp³-hybridized carbons (Fsp3) is 0.375. The summed E-state index contributed by atoms with van der Waals surface area (Å²) in [5.41, 5.74) is 5.22. The topological polar surface area (TPSA) is 59.1 Å². The lowest BCUT2D eigenvalue weighted by atomic mass is 10.1. The second-order valence-electron chi connectivity index (χ2n) is 2.64. The highest BCUT2D eigenvalue weighted by molar-refractivity contribution is 5.18. The summed E-state index contributed by atoms with van der Waals surface area (Å²) >= 11 is 0. The normalized spacial score (nSPS) is 12.9. The molecule has 72 valence electrons. The summed E-state index contributed by atoms with van der Waals surface area (Å²) in [5, 5.41) is 8.54. The number of aromatic nitrogens is 1. The van der Waals surface area contributed by atoms with Crippen LogP contribution in [0, 0.1) is 11.6 Å². The zero-order valence-corrected chi connectivity index (χ0v) is 6.87. The van der Waals surface area contributed by atoms with Gasteiger partial charge >= 0.3 is 0 Å². The standard InChI is InChI=1S/C8H10F2N2O/c9-5-3-12-4-6(10)8(5)7(11)1-2-13/h3-4,7,13H,1-2,11H2/t7-/m1/s1. The van der Waals surface area contributed by atoms with E-state index in [4.69, 9.17) is 10.8 Å². The van der Waals surface area contributed by atoms with Gasteiger partial charge in [0.15, 0.2) is 0 Å². The Bertz CT molecular complexity index is 273. The predicted octanol–water partition coefficient (Wildman–Crippen LogP) is 0.742. The van der Waals surface area contributed by atoms with Gasteiger partial charge in [-0.15, -0.1) is 0 Å². The summed E-state index contributed by atoms with van der Waals surface area (Å²) in [6, 6.07) is -0.826. The molecule has 0 saturated carbocycles. The van der Waals surface area contributed by atoms with Crippen molar-refractivity contribution in [2.24, 2.45) is 5.73 Å². The van der Waals surface area contributed by atoms with Gasteiger partial charge in [-0.05, 0) is 6.42 Å². The third kappa shape index (κ3) is 2.19. The van der Waals surface area contributed by atoms with Crippen LogP contribution in [0.25, 0.3) is 0 Å². The molecule has 0 unspecified atom stereocenters. The molecule has 0 aliphatic carbocycles. The molecule has 5 heteroatoms. The van der Waals surface area contributed by atoms with Crippen molar-refractivity contribution >= 4 is 0 Å². The van der Waals surface area contributed by atoms with Gasteiger partial charge < -0.3 is 10.8 Å².